The Kier molecular flexibility index (Phi) is 9.72. The second kappa shape index (κ2) is 13.6. The molecule has 6 fully saturated rings. The van der Waals surface area contributed by atoms with Crippen LogP contribution in [0.15, 0.2) is 18.2 Å². The number of aromatic carboxylic acids is 1. The van der Waals surface area contributed by atoms with E-state index in [1.165, 1.54) is 18.1 Å². The number of carboxylic acid groups (broad SMARTS) is 1. The fourth-order valence-electron chi connectivity index (χ4n) is 8.91. The van der Waals surface area contributed by atoms with Crippen molar-refractivity contribution in [2.45, 2.75) is 83.5 Å². The van der Waals surface area contributed by atoms with Gasteiger partial charge in [0.1, 0.15) is 17.4 Å². The summed E-state index contributed by atoms with van der Waals surface area (Å²) < 4.78 is 19.0. The lowest BCUT2D eigenvalue weighted by atomic mass is 9.43. The molecule has 0 radical (unpaired) electrons. The molecule has 3 aliphatic carbocycles. The lowest BCUT2D eigenvalue weighted by molar-refractivity contribution is -0.199. The van der Waals surface area contributed by atoms with Gasteiger partial charge >= 0.3 is 30.9 Å². The van der Waals surface area contributed by atoms with Crippen LogP contribution in [0.4, 0.5) is 4.79 Å². The van der Waals surface area contributed by atoms with Crippen LogP contribution in [-0.4, -0.2) is 115 Å². The van der Waals surface area contributed by atoms with E-state index in [4.69, 9.17) is 14.0 Å². The second-order valence-corrected chi connectivity index (χ2v) is 14.8. The number of carboxylic acids is 1. The number of amides is 5. The molecule has 1 aromatic carbocycles. The number of imide groups is 1. The summed E-state index contributed by atoms with van der Waals surface area (Å²) in [6.45, 7) is 10.3. The van der Waals surface area contributed by atoms with Crippen molar-refractivity contribution < 1.29 is 43.1 Å². The van der Waals surface area contributed by atoms with Crippen molar-refractivity contribution in [3.05, 3.63) is 29.3 Å². The van der Waals surface area contributed by atoms with E-state index in [9.17, 15) is 29.1 Å². The Balaban J connectivity index is 1.28. The van der Waals surface area contributed by atoms with Crippen molar-refractivity contribution in [1.29, 1.82) is 0 Å². The van der Waals surface area contributed by atoms with Crippen LogP contribution in [0.3, 0.4) is 0 Å². The smallest absolute Gasteiger partial charge is 0.482 e. The monoisotopic (exact) mass is 681 g/mol. The number of carbonyl (C=O) groups excluding carboxylic acids is 4. The molecule has 49 heavy (non-hydrogen) atoms. The molecule has 0 spiro atoms. The first kappa shape index (κ1) is 35.2. The number of methoxy groups -OCH3 is 1. The summed E-state index contributed by atoms with van der Waals surface area (Å²) in [5, 5.41) is 19.0. The van der Waals surface area contributed by atoms with Crippen molar-refractivity contribution in [3.8, 4) is 5.75 Å². The molecule has 0 aromatic heterocycles. The maximum atomic E-state index is 14.4. The van der Waals surface area contributed by atoms with Crippen LogP contribution in [0, 0.1) is 23.2 Å². The highest BCUT2D eigenvalue weighted by Crippen LogP contribution is 2.65. The normalized spacial score (nSPS) is 29.1. The molecular weight excluding hydrogens is 633 g/mol. The number of piperazine rings is 1. The van der Waals surface area contributed by atoms with Gasteiger partial charge in [0.15, 0.2) is 0 Å². The number of para-hydroxylation sites is 1. The van der Waals surface area contributed by atoms with Crippen molar-refractivity contribution >= 4 is 36.8 Å². The molecule has 4 N–H and O–H groups in total. The minimum Gasteiger partial charge on any atom is -0.496 e. The van der Waals surface area contributed by atoms with E-state index >= 15 is 0 Å². The summed E-state index contributed by atoms with van der Waals surface area (Å²) in [5.74, 6) is -3.40. The second-order valence-electron chi connectivity index (χ2n) is 14.8. The topological polar surface area (TPSA) is 176 Å². The van der Waals surface area contributed by atoms with Gasteiger partial charge in [0.2, 0.25) is 5.91 Å². The minimum atomic E-state index is -1.14. The lowest BCUT2D eigenvalue weighted by Crippen LogP contribution is -2.65. The maximum absolute atomic E-state index is 14.4. The van der Waals surface area contributed by atoms with Crippen LogP contribution in [0.2, 0.25) is 0 Å². The predicted octanol–water partition coefficient (Wildman–Crippen LogP) is 1.46. The van der Waals surface area contributed by atoms with E-state index in [0.29, 0.717) is 44.0 Å². The van der Waals surface area contributed by atoms with Gasteiger partial charge in [-0.2, -0.15) is 0 Å². The average molecular weight is 682 g/mol. The van der Waals surface area contributed by atoms with Crippen molar-refractivity contribution in [1.82, 2.24) is 25.8 Å². The van der Waals surface area contributed by atoms with E-state index in [-0.39, 0.29) is 54.2 Å². The number of rotatable bonds is 10. The first-order valence-corrected chi connectivity index (χ1v) is 17.4. The minimum absolute atomic E-state index is 0.0104. The van der Waals surface area contributed by atoms with Crippen LogP contribution >= 0.6 is 0 Å². The number of benzene rings is 1. The summed E-state index contributed by atoms with van der Waals surface area (Å²) in [7, 11) is 0.541. The largest absolute Gasteiger partial charge is 0.496 e. The molecule has 5 amide bonds. The number of hydrogen-bond donors (Lipinski definition) is 4. The van der Waals surface area contributed by atoms with Gasteiger partial charge in [-0.05, 0) is 93.8 Å². The number of urea groups is 1. The average Bonchev–Trinajstić information content (AvgIpc) is 3.45. The molecule has 2 unspecified atom stereocenters. The Hall–Kier alpha value is -3.69. The Morgan fingerprint density at radius 3 is 2.49 bits per heavy atom. The lowest BCUT2D eigenvalue weighted by Gasteiger charge is -2.64. The molecule has 7 rings (SSSR count). The van der Waals surface area contributed by atoms with Crippen molar-refractivity contribution in [2.75, 3.05) is 39.8 Å². The zero-order valence-corrected chi connectivity index (χ0v) is 29.0. The first-order valence-electron chi connectivity index (χ1n) is 17.4. The standard InChI is InChI=1S/C34H48BN5O9/c1-6-39-14-15-40(30(43)29(39)42)32(46)38-26(19-10-12-36-13-11-19)28(41)37-25(16-20-8-7-9-22(31(44)45)27(20)47-5)35-48-24-18-21-17-23(33(21,2)3)34(24,4)49-35/h7-9,19,21,23-26,36H,6,10-18H2,1-5H3,(H,37,41)(H,38,46)(H,44,45)/t21-,23-,24+,25?,26?,34-/m0/s1. The zero-order valence-electron chi connectivity index (χ0n) is 29.0. The third-order valence-corrected chi connectivity index (χ3v) is 11.9. The Morgan fingerprint density at radius 1 is 1.10 bits per heavy atom. The molecule has 3 heterocycles. The summed E-state index contributed by atoms with van der Waals surface area (Å²) in [6, 6.07) is 3.01. The molecule has 6 atom stereocenters. The molecule has 3 saturated carbocycles. The highest BCUT2D eigenvalue weighted by molar-refractivity contribution is 6.48. The number of nitrogens with one attached hydrogen (secondary N) is 3. The summed E-state index contributed by atoms with van der Waals surface area (Å²) in [5.41, 5.74) is 0.0519. The van der Waals surface area contributed by atoms with Gasteiger partial charge in [0, 0.05) is 19.6 Å². The highest BCUT2D eigenvalue weighted by Gasteiger charge is 2.68. The zero-order chi connectivity index (χ0) is 35.2. The predicted molar refractivity (Wildman–Crippen MR) is 178 cm³/mol. The molecule has 6 aliphatic rings. The van der Waals surface area contributed by atoms with Crippen LogP contribution in [0.25, 0.3) is 0 Å². The number of carbonyl (C=O) groups is 5. The van der Waals surface area contributed by atoms with Crippen LogP contribution < -0.4 is 20.7 Å². The van der Waals surface area contributed by atoms with E-state index in [1.807, 2.05) is 0 Å². The Bertz CT molecular complexity index is 1500. The van der Waals surface area contributed by atoms with Crippen molar-refractivity contribution in [2.24, 2.45) is 23.2 Å². The quantitative estimate of drug-likeness (QED) is 0.209. The maximum Gasteiger partial charge on any atom is 0.482 e. The van der Waals surface area contributed by atoms with Crippen LogP contribution in [-0.2, 0) is 30.1 Å². The van der Waals surface area contributed by atoms with E-state index in [1.54, 1.807) is 19.1 Å². The number of hydrogen-bond acceptors (Lipinski definition) is 9. The molecule has 3 saturated heterocycles. The van der Waals surface area contributed by atoms with Gasteiger partial charge in [-0.1, -0.05) is 26.0 Å². The molecule has 266 valence electrons. The van der Waals surface area contributed by atoms with Gasteiger partial charge in [-0.3, -0.25) is 19.3 Å². The third-order valence-electron chi connectivity index (χ3n) is 11.9. The number of piperidine rings is 1. The summed E-state index contributed by atoms with van der Waals surface area (Å²) in [6.07, 6.45) is 3.02. The first-order chi connectivity index (χ1) is 23.3. The van der Waals surface area contributed by atoms with Crippen LogP contribution in [0.1, 0.15) is 69.3 Å². The Morgan fingerprint density at radius 2 is 1.84 bits per heavy atom. The van der Waals surface area contributed by atoms with Gasteiger partial charge in [-0.15, -0.1) is 0 Å². The van der Waals surface area contributed by atoms with Crippen LogP contribution in [0.5, 0.6) is 5.75 Å². The molecule has 14 nitrogen and oxygen atoms in total. The number of likely N-dealkylation sites (N-methyl/N-ethyl adjacent to an activating group) is 1. The summed E-state index contributed by atoms with van der Waals surface area (Å²) in [4.78, 5) is 67.7. The molecule has 2 bridgehead atoms. The summed E-state index contributed by atoms with van der Waals surface area (Å²) >= 11 is 0. The van der Waals surface area contributed by atoms with Gasteiger partial charge in [0.25, 0.3) is 0 Å². The van der Waals surface area contributed by atoms with E-state index in [2.05, 4.69) is 36.7 Å². The fourth-order valence-corrected chi connectivity index (χ4v) is 8.91. The third kappa shape index (κ3) is 6.29. The number of nitrogens with zero attached hydrogens (tertiary/aromatic N) is 2. The van der Waals surface area contributed by atoms with E-state index in [0.717, 1.165) is 17.7 Å². The van der Waals surface area contributed by atoms with E-state index < -0.39 is 54.4 Å². The molecule has 1 aromatic rings. The van der Waals surface area contributed by atoms with Crippen molar-refractivity contribution in [3.63, 3.8) is 0 Å². The fraction of sp³-hybridized carbons (Fsp3) is 0.676. The Labute approximate surface area is 287 Å². The molecular formula is C34H48BN5O9. The molecule has 3 aliphatic heterocycles. The number of ether oxygens (including phenoxy) is 1. The van der Waals surface area contributed by atoms with Gasteiger partial charge in [-0.25, -0.2) is 9.59 Å². The van der Waals surface area contributed by atoms with Gasteiger partial charge < -0.3 is 40.0 Å². The SMILES string of the molecule is CCN1CCN(C(=O)NC(C(=O)NC(Cc2cccc(C(=O)O)c2OC)B2O[C@@H]3C[C@@H]4C[C@@H](C4(C)C)[C@]3(C)O2)C2CCNCC2)C(=O)C1=O. The molecule has 15 heteroatoms. The highest BCUT2D eigenvalue weighted by atomic mass is 16.7. The van der Waals surface area contributed by atoms with Gasteiger partial charge in [0.05, 0.1) is 24.8 Å².